The van der Waals surface area contributed by atoms with Gasteiger partial charge in [-0.2, -0.15) is 5.10 Å². The van der Waals surface area contributed by atoms with Gasteiger partial charge in [0.05, 0.1) is 17.3 Å². The molecule has 1 aromatic heterocycles. The monoisotopic (exact) mass is 291 g/mol. The fourth-order valence-electron chi connectivity index (χ4n) is 2.14. The van der Waals surface area contributed by atoms with Gasteiger partial charge >= 0.3 is 0 Å². The summed E-state index contributed by atoms with van der Waals surface area (Å²) in [6.07, 6.45) is 1.75. The summed E-state index contributed by atoms with van der Waals surface area (Å²) in [6.45, 7) is 3.83. The zero-order valence-electron chi connectivity index (χ0n) is 12.1. The molecule has 20 heavy (non-hydrogen) atoms. The van der Waals surface area contributed by atoms with Crippen molar-refractivity contribution in [3.05, 3.63) is 52.3 Å². The van der Waals surface area contributed by atoms with Gasteiger partial charge < -0.3 is 4.90 Å². The maximum Gasteiger partial charge on any atom is 0.257 e. The van der Waals surface area contributed by atoms with Crippen molar-refractivity contribution in [2.24, 2.45) is 7.05 Å². The number of rotatable bonds is 3. The summed E-state index contributed by atoms with van der Waals surface area (Å²) in [5, 5.41) is 4.90. The Kier molecular flexibility index (Phi) is 4.14. The van der Waals surface area contributed by atoms with Crippen molar-refractivity contribution in [1.29, 1.82) is 0 Å². The summed E-state index contributed by atoms with van der Waals surface area (Å²) in [7, 11) is 3.61. The molecule has 0 fully saturated rings. The van der Waals surface area contributed by atoms with E-state index in [2.05, 4.69) is 5.10 Å². The second-order valence-electron chi connectivity index (χ2n) is 4.95. The van der Waals surface area contributed by atoms with E-state index in [-0.39, 0.29) is 11.9 Å². The Labute approximate surface area is 124 Å². The normalized spacial score (nSPS) is 12.2. The Bertz CT molecular complexity index is 619. The minimum Gasteiger partial charge on any atom is -0.335 e. The second kappa shape index (κ2) is 5.67. The van der Waals surface area contributed by atoms with Crippen LogP contribution in [-0.2, 0) is 7.05 Å². The predicted molar refractivity (Wildman–Crippen MR) is 79.9 cm³/mol. The maximum atomic E-state index is 12.5. The van der Waals surface area contributed by atoms with Gasteiger partial charge in [-0.25, -0.2) is 0 Å². The summed E-state index contributed by atoms with van der Waals surface area (Å²) in [6, 6.07) is 7.52. The number of carbonyl (C=O) groups is 1. The van der Waals surface area contributed by atoms with Crippen LogP contribution in [0.1, 0.15) is 34.6 Å². The third-order valence-corrected chi connectivity index (χ3v) is 3.75. The van der Waals surface area contributed by atoms with Crippen LogP contribution in [0.3, 0.4) is 0 Å². The van der Waals surface area contributed by atoms with Crippen LogP contribution in [0.4, 0.5) is 0 Å². The summed E-state index contributed by atoms with van der Waals surface area (Å²) >= 11 is 5.89. The molecular formula is C15H18ClN3O. The Balaban J connectivity index is 2.22. The lowest BCUT2D eigenvalue weighted by Gasteiger charge is -2.25. The summed E-state index contributed by atoms with van der Waals surface area (Å²) in [4.78, 5) is 14.2. The van der Waals surface area contributed by atoms with Gasteiger partial charge in [0, 0.05) is 25.3 Å². The number of aromatic nitrogens is 2. The molecule has 0 bridgehead atoms. The first-order valence-corrected chi connectivity index (χ1v) is 6.81. The van der Waals surface area contributed by atoms with Gasteiger partial charge in [-0.1, -0.05) is 23.7 Å². The van der Waals surface area contributed by atoms with Gasteiger partial charge in [-0.3, -0.25) is 9.48 Å². The maximum absolute atomic E-state index is 12.5. The van der Waals surface area contributed by atoms with Crippen molar-refractivity contribution in [3.8, 4) is 0 Å². The number of amides is 1. The summed E-state index contributed by atoms with van der Waals surface area (Å²) in [5.41, 5.74) is 2.43. The number of halogens is 1. The van der Waals surface area contributed by atoms with E-state index in [0.29, 0.717) is 10.6 Å². The van der Waals surface area contributed by atoms with Gasteiger partial charge in [-0.15, -0.1) is 0 Å². The summed E-state index contributed by atoms with van der Waals surface area (Å²) in [5.74, 6) is -0.0296. The van der Waals surface area contributed by atoms with Gasteiger partial charge in [0.2, 0.25) is 0 Å². The van der Waals surface area contributed by atoms with Crippen molar-refractivity contribution in [2.75, 3.05) is 7.05 Å². The topological polar surface area (TPSA) is 38.1 Å². The molecule has 0 N–H and O–H groups in total. The molecule has 1 atom stereocenters. The molecule has 106 valence electrons. The number of carbonyl (C=O) groups excluding carboxylic acids is 1. The highest BCUT2D eigenvalue weighted by Gasteiger charge is 2.21. The molecule has 0 spiro atoms. The average Bonchev–Trinajstić information content (AvgIpc) is 2.76. The van der Waals surface area contributed by atoms with Crippen LogP contribution < -0.4 is 0 Å². The standard InChI is InChI=1S/C15H18ClN3O/c1-10-14(9-18(3)17-10)15(20)19(4)11(2)12-5-7-13(16)8-6-12/h5-9,11H,1-4H3/t11-/m1/s1. The Morgan fingerprint density at radius 3 is 2.45 bits per heavy atom. The van der Waals surface area contributed by atoms with Crippen molar-refractivity contribution >= 4 is 17.5 Å². The first-order valence-electron chi connectivity index (χ1n) is 6.43. The quantitative estimate of drug-likeness (QED) is 0.871. The van der Waals surface area contributed by atoms with Crippen LogP contribution in [-0.4, -0.2) is 27.6 Å². The number of nitrogens with zero attached hydrogens (tertiary/aromatic N) is 3. The van der Waals surface area contributed by atoms with E-state index in [1.165, 1.54) is 0 Å². The molecule has 0 aliphatic rings. The first kappa shape index (κ1) is 14.6. The van der Waals surface area contributed by atoms with Crippen LogP contribution in [0.15, 0.2) is 30.5 Å². The molecule has 0 saturated carbocycles. The Morgan fingerprint density at radius 2 is 1.95 bits per heavy atom. The molecule has 1 heterocycles. The fraction of sp³-hybridized carbons (Fsp3) is 0.333. The number of hydrogen-bond donors (Lipinski definition) is 0. The largest absolute Gasteiger partial charge is 0.335 e. The number of benzene rings is 1. The van der Waals surface area contributed by atoms with Crippen molar-refractivity contribution < 1.29 is 4.79 Å². The molecule has 0 saturated heterocycles. The zero-order valence-corrected chi connectivity index (χ0v) is 12.8. The minimum absolute atomic E-state index is 0.0284. The highest BCUT2D eigenvalue weighted by atomic mass is 35.5. The molecule has 0 aliphatic heterocycles. The van der Waals surface area contributed by atoms with E-state index in [1.807, 2.05) is 45.2 Å². The second-order valence-corrected chi connectivity index (χ2v) is 5.38. The molecule has 1 amide bonds. The van der Waals surface area contributed by atoms with Crippen molar-refractivity contribution in [3.63, 3.8) is 0 Å². The third kappa shape index (κ3) is 2.85. The fourth-order valence-corrected chi connectivity index (χ4v) is 2.27. The van der Waals surface area contributed by atoms with Gasteiger partial charge in [-0.05, 0) is 31.5 Å². The van der Waals surface area contributed by atoms with Crippen molar-refractivity contribution in [2.45, 2.75) is 19.9 Å². The Hall–Kier alpha value is -1.81. The van der Waals surface area contributed by atoms with Crippen LogP contribution in [0.2, 0.25) is 5.02 Å². The number of aryl methyl sites for hydroxylation is 2. The summed E-state index contributed by atoms with van der Waals surface area (Å²) < 4.78 is 1.66. The SMILES string of the molecule is Cc1nn(C)cc1C(=O)N(C)[C@H](C)c1ccc(Cl)cc1. The first-order chi connectivity index (χ1) is 9.40. The van der Waals surface area contributed by atoms with Gasteiger partial charge in [0.15, 0.2) is 0 Å². The van der Waals surface area contributed by atoms with E-state index in [4.69, 9.17) is 11.6 Å². The van der Waals surface area contributed by atoms with E-state index in [1.54, 1.807) is 22.8 Å². The van der Waals surface area contributed by atoms with Crippen LogP contribution in [0.25, 0.3) is 0 Å². The molecule has 0 unspecified atom stereocenters. The Morgan fingerprint density at radius 1 is 1.35 bits per heavy atom. The molecule has 0 radical (unpaired) electrons. The van der Waals surface area contributed by atoms with E-state index >= 15 is 0 Å². The lowest BCUT2D eigenvalue weighted by Crippen LogP contribution is -2.29. The van der Waals surface area contributed by atoms with E-state index < -0.39 is 0 Å². The van der Waals surface area contributed by atoms with E-state index in [9.17, 15) is 4.79 Å². The van der Waals surface area contributed by atoms with Gasteiger partial charge in [0.1, 0.15) is 0 Å². The van der Waals surface area contributed by atoms with E-state index in [0.717, 1.165) is 11.3 Å². The zero-order chi connectivity index (χ0) is 14.9. The van der Waals surface area contributed by atoms with Crippen LogP contribution in [0, 0.1) is 6.92 Å². The highest BCUT2D eigenvalue weighted by Crippen LogP contribution is 2.23. The molecule has 4 nitrogen and oxygen atoms in total. The molecule has 1 aromatic carbocycles. The lowest BCUT2D eigenvalue weighted by atomic mass is 10.1. The third-order valence-electron chi connectivity index (χ3n) is 3.50. The molecular weight excluding hydrogens is 274 g/mol. The molecule has 2 rings (SSSR count). The van der Waals surface area contributed by atoms with Crippen LogP contribution >= 0.6 is 11.6 Å². The van der Waals surface area contributed by atoms with Gasteiger partial charge in [0.25, 0.3) is 5.91 Å². The minimum atomic E-state index is -0.0296. The molecule has 0 aliphatic carbocycles. The van der Waals surface area contributed by atoms with Crippen molar-refractivity contribution in [1.82, 2.24) is 14.7 Å². The van der Waals surface area contributed by atoms with Crippen LogP contribution in [0.5, 0.6) is 0 Å². The average molecular weight is 292 g/mol. The number of hydrogen-bond acceptors (Lipinski definition) is 2. The smallest absolute Gasteiger partial charge is 0.257 e. The molecule has 5 heteroatoms. The lowest BCUT2D eigenvalue weighted by molar-refractivity contribution is 0.0742. The predicted octanol–water partition coefficient (Wildman–Crippen LogP) is 3.22. The highest BCUT2D eigenvalue weighted by molar-refractivity contribution is 6.30. The molecule has 2 aromatic rings.